The number of primary sulfonamides is 1. The first-order chi connectivity index (χ1) is 7.77. The summed E-state index contributed by atoms with van der Waals surface area (Å²) < 4.78 is 35.6. The van der Waals surface area contributed by atoms with Crippen LogP contribution >= 0.6 is 0 Å². The first-order valence-electron chi connectivity index (χ1n) is 4.85. The predicted molar refractivity (Wildman–Crippen MR) is 60.4 cm³/mol. The molecule has 2 N–H and O–H groups in total. The highest BCUT2D eigenvalue weighted by atomic mass is 32.2. The minimum atomic E-state index is -3.95. The van der Waals surface area contributed by atoms with Crippen LogP contribution in [-0.4, -0.2) is 32.8 Å². The molecule has 0 heterocycles. The summed E-state index contributed by atoms with van der Waals surface area (Å²) in [4.78, 5) is 12.7. The van der Waals surface area contributed by atoms with E-state index in [0.717, 1.165) is 18.2 Å². The lowest BCUT2D eigenvalue weighted by Crippen LogP contribution is -2.27. The number of benzene rings is 1. The van der Waals surface area contributed by atoms with Crippen molar-refractivity contribution >= 4 is 15.9 Å². The van der Waals surface area contributed by atoms with Crippen LogP contribution in [0.5, 0.6) is 0 Å². The fraction of sp³-hybridized carbons (Fsp3) is 0.300. The Morgan fingerprint density at radius 2 is 2.06 bits per heavy atom. The number of halogens is 1. The van der Waals surface area contributed by atoms with Gasteiger partial charge in [-0.25, -0.2) is 17.9 Å². The summed E-state index contributed by atoms with van der Waals surface area (Å²) in [7, 11) is -2.45. The van der Waals surface area contributed by atoms with Gasteiger partial charge in [0.15, 0.2) is 0 Å². The molecule has 0 aliphatic rings. The molecule has 0 aliphatic carbocycles. The Hall–Kier alpha value is -1.47. The number of carbonyl (C=O) groups excluding carboxylic acids is 1. The van der Waals surface area contributed by atoms with Crippen LogP contribution in [0.25, 0.3) is 0 Å². The van der Waals surface area contributed by atoms with Crippen molar-refractivity contribution < 1.29 is 17.6 Å². The van der Waals surface area contributed by atoms with Gasteiger partial charge in [0.1, 0.15) is 5.82 Å². The number of carbonyl (C=O) groups is 1. The van der Waals surface area contributed by atoms with Crippen LogP contribution < -0.4 is 5.14 Å². The van der Waals surface area contributed by atoms with E-state index >= 15 is 0 Å². The summed E-state index contributed by atoms with van der Waals surface area (Å²) >= 11 is 0. The van der Waals surface area contributed by atoms with Crippen LogP contribution in [0.3, 0.4) is 0 Å². The van der Waals surface area contributed by atoms with Crippen LogP contribution in [0.15, 0.2) is 23.1 Å². The highest BCUT2D eigenvalue weighted by molar-refractivity contribution is 7.89. The minimum absolute atomic E-state index is 0.285. The zero-order valence-corrected chi connectivity index (χ0v) is 10.3. The molecule has 7 heteroatoms. The van der Waals surface area contributed by atoms with Gasteiger partial charge in [-0.1, -0.05) is 0 Å². The third kappa shape index (κ3) is 3.01. The van der Waals surface area contributed by atoms with E-state index in [1.54, 1.807) is 6.92 Å². The molecule has 1 rings (SSSR count). The Labute approximate surface area is 99.1 Å². The third-order valence-electron chi connectivity index (χ3n) is 2.32. The lowest BCUT2D eigenvalue weighted by molar-refractivity contribution is 0.0797. The maximum absolute atomic E-state index is 13.4. The van der Waals surface area contributed by atoms with Crippen molar-refractivity contribution in [2.75, 3.05) is 13.6 Å². The Morgan fingerprint density at radius 3 is 2.53 bits per heavy atom. The van der Waals surface area contributed by atoms with Crippen molar-refractivity contribution in [2.45, 2.75) is 11.8 Å². The topological polar surface area (TPSA) is 80.5 Å². The maximum atomic E-state index is 13.4. The molecule has 0 radical (unpaired) electrons. The van der Waals surface area contributed by atoms with E-state index in [9.17, 15) is 17.6 Å². The summed E-state index contributed by atoms with van der Waals surface area (Å²) in [5, 5.41) is 4.91. The van der Waals surface area contributed by atoms with E-state index in [4.69, 9.17) is 5.14 Å². The molecule has 0 bridgehead atoms. The molecule has 0 aliphatic heterocycles. The van der Waals surface area contributed by atoms with Crippen LogP contribution in [0, 0.1) is 5.82 Å². The largest absolute Gasteiger partial charge is 0.342 e. The molecule has 0 atom stereocenters. The number of rotatable bonds is 3. The summed E-state index contributed by atoms with van der Waals surface area (Å²) in [6, 6.07) is 2.88. The predicted octanol–water partition coefficient (Wildman–Crippen LogP) is 0.565. The SMILES string of the molecule is CCN(C)C(=O)c1cc(S(N)(=O)=O)ccc1F. The van der Waals surface area contributed by atoms with Crippen LogP contribution in [-0.2, 0) is 10.0 Å². The summed E-state index contributed by atoms with van der Waals surface area (Å²) in [5.41, 5.74) is -0.305. The fourth-order valence-electron chi connectivity index (χ4n) is 1.19. The van der Waals surface area contributed by atoms with Crippen LogP contribution in [0.1, 0.15) is 17.3 Å². The lowest BCUT2D eigenvalue weighted by atomic mass is 10.2. The molecule has 0 saturated carbocycles. The standard InChI is InChI=1S/C10H13FN2O3S/c1-3-13(2)10(14)8-6-7(17(12,15)16)4-5-9(8)11/h4-6H,3H2,1-2H3,(H2,12,15,16). The molecular weight excluding hydrogens is 247 g/mol. The zero-order chi connectivity index (χ0) is 13.2. The average molecular weight is 260 g/mol. The van der Waals surface area contributed by atoms with Gasteiger partial charge in [-0.05, 0) is 25.1 Å². The second-order valence-corrected chi connectivity index (χ2v) is 5.07. The fourth-order valence-corrected chi connectivity index (χ4v) is 1.73. The molecule has 1 aromatic rings. The van der Waals surface area contributed by atoms with Crippen LogP contribution in [0.2, 0.25) is 0 Å². The van der Waals surface area contributed by atoms with Gasteiger partial charge in [0, 0.05) is 13.6 Å². The Kier molecular flexibility index (Phi) is 3.84. The van der Waals surface area contributed by atoms with Gasteiger partial charge in [0.25, 0.3) is 5.91 Å². The van der Waals surface area contributed by atoms with Crippen molar-refractivity contribution in [2.24, 2.45) is 5.14 Å². The molecule has 94 valence electrons. The van der Waals surface area contributed by atoms with Gasteiger partial charge in [-0.3, -0.25) is 4.79 Å². The highest BCUT2D eigenvalue weighted by Gasteiger charge is 2.18. The summed E-state index contributed by atoms with van der Waals surface area (Å²) in [6.07, 6.45) is 0. The molecule has 5 nitrogen and oxygen atoms in total. The van der Waals surface area contributed by atoms with E-state index in [0.29, 0.717) is 6.54 Å². The number of hydrogen-bond acceptors (Lipinski definition) is 3. The molecule has 0 saturated heterocycles. The van der Waals surface area contributed by atoms with Gasteiger partial charge < -0.3 is 4.90 Å². The Balaban J connectivity index is 3.30. The molecular formula is C10H13FN2O3S. The van der Waals surface area contributed by atoms with E-state index in [1.165, 1.54) is 11.9 Å². The van der Waals surface area contributed by atoms with Gasteiger partial charge in [0.05, 0.1) is 10.5 Å². The van der Waals surface area contributed by atoms with E-state index in [1.807, 2.05) is 0 Å². The number of nitrogens with two attached hydrogens (primary N) is 1. The Bertz CT molecular complexity index is 542. The smallest absolute Gasteiger partial charge is 0.256 e. The summed E-state index contributed by atoms with van der Waals surface area (Å²) in [6.45, 7) is 2.11. The zero-order valence-electron chi connectivity index (χ0n) is 9.47. The minimum Gasteiger partial charge on any atom is -0.342 e. The molecule has 0 unspecified atom stereocenters. The van der Waals surface area contributed by atoms with Gasteiger partial charge in [0.2, 0.25) is 10.0 Å². The number of nitrogens with zero attached hydrogens (tertiary/aromatic N) is 1. The monoisotopic (exact) mass is 260 g/mol. The lowest BCUT2D eigenvalue weighted by Gasteiger charge is -2.15. The number of sulfonamides is 1. The number of amides is 1. The van der Waals surface area contributed by atoms with Gasteiger partial charge in [-0.15, -0.1) is 0 Å². The Morgan fingerprint density at radius 1 is 1.47 bits per heavy atom. The first kappa shape index (κ1) is 13.6. The van der Waals surface area contributed by atoms with Gasteiger partial charge >= 0.3 is 0 Å². The maximum Gasteiger partial charge on any atom is 0.256 e. The second-order valence-electron chi connectivity index (χ2n) is 3.51. The van der Waals surface area contributed by atoms with Crippen LogP contribution in [0.4, 0.5) is 4.39 Å². The highest BCUT2D eigenvalue weighted by Crippen LogP contribution is 2.15. The molecule has 0 aromatic heterocycles. The second kappa shape index (κ2) is 4.80. The first-order valence-corrected chi connectivity index (χ1v) is 6.39. The van der Waals surface area contributed by atoms with Crippen molar-refractivity contribution in [1.29, 1.82) is 0 Å². The van der Waals surface area contributed by atoms with E-state index in [-0.39, 0.29) is 10.5 Å². The van der Waals surface area contributed by atoms with Crippen molar-refractivity contribution in [1.82, 2.24) is 4.90 Å². The molecule has 0 fully saturated rings. The van der Waals surface area contributed by atoms with Crippen molar-refractivity contribution in [3.63, 3.8) is 0 Å². The quantitative estimate of drug-likeness (QED) is 0.862. The van der Waals surface area contributed by atoms with E-state index < -0.39 is 21.7 Å². The summed E-state index contributed by atoms with van der Waals surface area (Å²) in [5.74, 6) is -1.36. The molecule has 1 amide bonds. The molecule has 0 spiro atoms. The average Bonchev–Trinajstić information content (AvgIpc) is 2.26. The third-order valence-corrected chi connectivity index (χ3v) is 3.23. The van der Waals surface area contributed by atoms with E-state index in [2.05, 4.69) is 0 Å². The normalized spacial score (nSPS) is 11.3. The number of hydrogen-bond donors (Lipinski definition) is 1. The van der Waals surface area contributed by atoms with Crippen molar-refractivity contribution in [3.8, 4) is 0 Å². The molecule has 1 aromatic carbocycles. The van der Waals surface area contributed by atoms with Crippen molar-refractivity contribution in [3.05, 3.63) is 29.6 Å². The molecule has 17 heavy (non-hydrogen) atoms. The van der Waals surface area contributed by atoms with Gasteiger partial charge in [-0.2, -0.15) is 0 Å².